The minimum atomic E-state index is -0.0972. The Labute approximate surface area is 106 Å². The number of nitrogens with two attached hydrogens (primary N) is 1. The monoisotopic (exact) mass is 301 g/mol. The maximum Gasteiger partial charge on any atom is 0.0646 e. The molecule has 4 heteroatoms. The van der Waals surface area contributed by atoms with Gasteiger partial charge in [-0.15, -0.1) is 11.3 Å². The number of thiophene rings is 1. The maximum absolute atomic E-state index is 6.13. The number of rotatable bonds is 2. The van der Waals surface area contributed by atoms with E-state index >= 15 is 0 Å². The van der Waals surface area contributed by atoms with E-state index in [2.05, 4.69) is 15.9 Å². The lowest BCUT2D eigenvalue weighted by molar-refractivity contribution is 0.893. The minimum Gasteiger partial charge on any atom is -0.320 e. The van der Waals surface area contributed by atoms with Crippen molar-refractivity contribution in [3.63, 3.8) is 0 Å². The first-order chi connectivity index (χ1) is 7.16. The van der Waals surface area contributed by atoms with Gasteiger partial charge in [-0.05, 0) is 39.7 Å². The van der Waals surface area contributed by atoms with Crippen LogP contribution in [0.25, 0.3) is 0 Å². The van der Waals surface area contributed by atoms with Gasteiger partial charge in [-0.2, -0.15) is 0 Å². The van der Waals surface area contributed by atoms with Crippen molar-refractivity contribution in [2.24, 2.45) is 5.73 Å². The van der Waals surface area contributed by atoms with Gasteiger partial charge in [0.25, 0.3) is 0 Å². The zero-order valence-corrected chi connectivity index (χ0v) is 10.9. The Morgan fingerprint density at radius 1 is 1.33 bits per heavy atom. The van der Waals surface area contributed by atoms with Crippen molar-refractivity contribution < 1.29 is 0 Å². The van der Waals surface area contributed by atoms with Crippen LogP contribution in [0, 0.1) is 0 Å². The van der Waals surface area contributed by atoms with Gasteiger partial charge in [0.1, 0.15) is 0 Å². The van der Waals surface area contributed by atoms with Gasteiger partial charge in [-0.3, -0.25) is 0 Å². The molecule has 1 aromatic heterocycles. The van der Waals surface area contributed by atoms with Crippen LogP contribution in [-0.4, -0.2) is 0 Å². The molecule has 0 radical (unpaired) electrons. The summed E-state index contributed by atoms with van der Waals surface area (Å²) in [6.45, 7) is 0. The van der Waals surface area contributed by atoms with E-state index in [1.54, 1.807) is 11.3 Å². The Balaban J connectivity index is 2.32. The molecule has 0 fully saturated rings. The summed E-state index contributed by atoms with van der Waals surface area (Å²) in [6, 6.07) is 9.60. The third-order valence-electron chi connectivity index (χ3n) is 2.10. The molecule has 0 saturated heterocycles. The number of hydrogen-bond acceptors (Lipinski definition) is 2. The van der Waals surface area contributed by atoms with Crippen LogP contribution in [0.1, 0.15) is 16.5 Å². The largest absolute Gasteiger partial charge is 0.320 e. The molecule has 0 bridgehead atoms. The summed E-state index contributed by atoms with van der Waals surface area (Å²) in [7, 11) is 0. The molecule has 1 aromatic carbocycles. The van der Waals surface area contributed by atoms with E-state index in [-0.39, 0.29) is 6.04 Å². The van der Waals surface area contributed by atoms with E-state index in [0.717, 1.165) is 19.9 Å². The summed E-state index contributed by atoms with van der Waals surface area (Å²) in [6.07, 6.45) is 0. The second-order valence-electron chi connectivity index (χ2n) is 3.20. The quantitative estimate of drug-likeness (QED) is 0.883. The Kier molecular flexibility index (Phi) is 3.46. The summed E-state index contributed by atoms with van der Waals surface area (Å²) in [5.74, 6) is 0. The molecular formula is C11H9BrClNS. The fourth-order valence-electron chi connectivity index (χ4n) is 1.36. The van der Waals surface area contributed by atoms with Gasteiger partial charge in [0.15, 0.2) is 0 Å². The molecule has 0 aliphatic rings. The van der Waals surface area contributed by atoms with Crippen molar-refractivity contribution in [1.82, 2.24) is 0 Å². The molecule has 1 heterocycles. The van der Waals surface area contributed by atoms with Gasteiger partial charge in [0.05, 0.1) is 6.04 Å². The van der Waals surface area contributed by atoms with Gasteiger partial charge >= 0.3 is 0 Å². The second kappa shape index (κ2) is 4.66. The van der Waals surface area contributed by atoms with Crippen molar-refractivity contribution in [3.05, 3.63) is 55.6 Å². The van der Waals surface area contributed by atoms with Crippen molar-refractivity contribution in [1.29, 1.82) is 0 Å². The average Bonchev–Trinajstić information content (AvgIpc) is 2.64. The zero-order valence-electron chi connectivity index (χ0n) is 7.78. The molecule has 15 heavy (non-hydrogen) atoms. The lowest BCUT2D eigenvalue weighted by atomic mass is 10.1. The van der Waals surface area contributed by atoms with E-state index in [0.29, 0.717) is 0 Å². The molecule has 0 spiro atoms. The van der Waals surface area contributed by atoms with Crippen LogP contribution >= 0.6 is 38.9 Å². The molecule has 0 saturated carbocycles. The molecule has 78 valence electrons. The normalized spacial score (nSPS) is 12.7. The maximum atomic E-state index is 6.13. The van der Waals surface area contributed by atoms with Crippen LogP contribution in [-0.2, 0) is 0 Å². The van der Waals surface area contributed by atoms with Crippen LogP contribution in [0.2, 0.25) is 5.02 Å². The summed E-state index contributed by atoms with van der Waals surface area (Å²) in [5, 5.41) is 2.75. The summed E-state index contributed by atoms with van der Waals surface area (Å²) < 4.78 is 1.07. The van der Waals surface area contributed by atoms with Gasteiger partial charge < -0.3 is 5.73 Å². The second-order valence-corrected chi connectivity index (χ2v) is 5.49. The van der Waals surface area contributed by atoms with E-state index in [1.165, 1.54) is 0 Å². The highest BCUT2D eigenvalue weighted by molar-refractivity contribution is 9.10. The van der Waals surface area contributed by atoms with Crippen LogP contribution in [0.3, 0.4) is 0 Å². The van der Waals surface area contributed by atoms with Crippen molar-refractivity contribution in [2.75, 3.05) is 0 Å². The van der Waals surface area contributed by atoms with E-state index in [1.807, 2.05) is 35.7 Å². The predicted molar refractivity (Wildman–Crippen MR) is 69.5 cm³/mol. The first-order valence-corrected chi connectivity index (χ1v) is 6.47. The van der Waals surface area contributed by atoms with Crippen LogP contribution in [0.5, 0.6) is 0 Å². The predicted octanol–water partition coefficient (Wildman–Crippen LogP) is 4.21. The lowest BCUT2D eigenvalue weighted by Gasteiger charge is -2.09. The summed E-state index contributed by atoms with van der Waals surface area (Å²) >= 11 is 11.0. The Morgan fingerprint density at radius 3 is 2.73 bits per heavy atom. The Bertz CT molecular complexity index is 469. The summed E-state index contributed by atoms with van der Waals surface area (Å²) in [5.41, 5.74) is 7.17. The highest BCUT2D eigenvalue weighted by Gasteiger charge is 2.11. The molecule has 2 aromatic rings. The van der Waals surface area contributed by atoms with E-state index < -0.39 is 0 Å². The van der Waals surface area contributed by atoms with Crippen molar-refractivity contribution >= 4 is 38.9 Å². The molecule has 0 amide bonds. The molecule has 0 aliphatic heterocycles. The van der Waals surface area contributed by atoms with Gasteiger partial charge in [0, 0.05) is 19.8 Å². The van der Waals surface area contributed by atoms with E-state index in [9.17, 15) is 0 Å². The highest BCUT2D eigenvalue weighted by atomic mass is 79.9. The van der Waals surface area contributed by atoms with Crippen LogP contribution < -0.4 is 5.73 Å². The van der Waals surface area contributed by atoms with Gasteiger partial charge in [-0.1, -0.05) is 23.7 Å². The molecule has 0 aliphatic carbocycles. The van der Waals surface area contributed by atoms with Crippen molar-refractivity contribution in [2.45, 2.75) is 6.04 Å². The van der Waals surface area contributed by atoms with Gasteiger partial charge in [-0.25, -0.2) is 0 Å². The fraction of sp³-hybridized carbons (Fsp3) is 0.0909. The fourth-order valence-corrected chi connectivity index (χ4v) is 3.03. The number of benzene rings is 1. The molecule has 1 atom stereocenters. The summed E-state index contributed by atoms with van der Waals surface area (Å²) in [4.78, 5) is 1.13. The van der Waals surface area contributed by atoms with Crippen molar-refractivity contribution in [3.8, 4) is 0 Å². The zero-order chi connectivity index (χ0) is 10.8. The molecule has 2 N–H and O–H groups in total. The smallest absolute Gasteiger partial charge is 0.0646 e. The minimum absolute atomic E-state index is 0.0972. The van der Waals surface area contributed by atoms with E-state index in [4.69, 9.17) is 17.3 Å². The number of halogens is 2. The highest BCUT2D eigenvalue weighted by Crippen LogP contribution is 2.29. The van der Waals surface area contributed by atoms with Crippen LogP contribution in [0.4, 0.5) is 0 Å². The Morgan fingerprint density at radius 2 is 2.13 bits per heavy atom. The molecule has 1 unspecified atom stereocenters. The first-order valence-electron chi connectivity index (χ1n) is 4.42. The SMILES string of the molecule is NC(c1cccc(Cl)c1)c1cc(Br)cs1. The standard InChI is InChI=1S/C11H9BrClNS/c12-8-5-10(15-6-8)11(14)7-2-1-3-9(13)4-7/h1-6,11H,14H2. The number of hydrogen-bond donors (Lipinski definition) is 1. The molecule has 1 nitrogen and oxygen atoms in total. The van der Waals surface area contributed by atoms with Crippen LogP contribution in [0.15, 0.2) is 40.2 Å². The lowest BCUT2D eigenvalue weighted by Crippen LogP contribution is -2.09. The Hall–Kier alpha value is -0.350. The molecular weight excluding hydrogens is 294 g/mol. The average molecular weight is 303 g/mol. The van der Waals surface area contributed by atoms with Gasteiger partial charge in [0.2, 0.25) is 0 Å². The first kappa shape index (κ1) is 11.1. The molecule has 2 rings (SSSR count). The topological polar surface area (TPSA) is 26.0 Å². The third-order valence-corrected chi connectivity index (χ3v) is 4.11. The third kappa shape index (κ3) is 2.61.